The number of amides is 2. The molecule has 0 bridgehead atoms. The van der Waals surface area contributed by atoms with E-state index in [9.17, 15) is 40.3 Å². The number of hydrogen-bond acceptors (Lipinski definition) is 4. The van der Waals surface area contributed by atoms with E-state index in [0.717, 1.165) is 25.1 Å². The number of hydrogen-bond donors (Lipinski definition) is 2. The van der Waals surface area contributed by atoms with E-state index in [1.165, 1.54) is 0 Å². The molecule has 2 amide bonds. The minimum absolute atomic E-state index is 0.236. The zero-order valence-electron chi connectivity index (χ0n) is 18.0. The summed E-state index contributed by atoms with van der Waals surface area (Å²) in [5.41, 5.74) is 1.13. The molecule has 1 aliphatic rings. The van der Waals surface area contributed by atoms with Crippen LogP contribution in [0.2, 0.25) is 0 Å². The van der Waals surface area contributed by atoms with Crippen molar-refractivity contribution in [2.75, 3.05) is 0 Å². The molecule has 0 aliphatic carbocycles. The van der Waals surface area contributed by atoms with Crippen molar-refractivity contribution in [3.63, 3.8) is 0 Å². The summed E-state index contributed by atoms with van der Waals surface area (Å²) >= 11 is 4.36. The standard InChI is InChI=1S/C21H19F7N2O4.Ni/c1-4-10(5-8-13(29)31)30-18(32)17-14(9(2)20(3,34-17)21(26,27)28)11-6-7-12(22)15(23)16(11)33-19(24)25;/h4-7,9,14,17,19H,1H2,2-3H3,(H2,29,31)(H,30,32);/b10-5+;/t9-,14-,17+,20-;/m1./s1. The van der Waals surface area contributed by atoms with Gasteiger partial charge < -0.3 is 0 Å². The summed E-state index contributed by atoms with van der Waals surface area (Å²) in [7, 11) is 0. The van der Waals surface area contributed by atoms with Crippen LogP contribution in [0.25, 0.3) is 0 Å². The van der Waals surface area contributed by atoms with Crippen molar-refractivity contribution in [2.24, 2.45) is 11.7 Å². The molecule has 1 saturated heterocycles. The molecule has 0 aromatic heterocycles. The fraction of sp³-hybridized carbons (Fsp3) is 0.381. The number of alkyl halides is 5. The molecule has 6 nitrogen and oxygen atoms in total. The number of carbonyl (C=O) groups is 2. The molecule has 0 spiro atoms. The van der Waals surface area contributed by atoms with Crippen LogP contribution >= 0.6 is 0 Å². The molecule has 196 valence electrons. The first-order chi connectivity index (χ1) is 16.0. The normalized spacial score (nSPS) is 24.9. The third kappa shape index (κ3) is 5.75. The van der Waals surface area contributed by atoms with Gasteiger partial charge in [0.05, 0.1) is 0 Å². The molecule has 14 heteroatoms. The SMILES string of the molecule is C=C/C(=C\[C](=[Ni])C(N)=O)NC(=O)[C@H]1O[C@@](C)(C(F)(F)F)[C@H](C)[C@@H]1c1ccc(F)c(F)c1OC(F)F. The second-order valence-corrected chi connectivity index (χ2v) is 8.12. The van der Waals surface area contributed by atoms with Crippen LogP contribution < -0.4 is 15.8 Å². The van der Waals surface area contributed by atoms with Crippen LogP contribution in [0, 0.1) is 17.6 Å². The topological polar surface area (TPSA) is 90.7 Å². The van der Waals surface area contributed by atoms with Gasteiger partial charge in [-0.15, -0.1) is 0 Å². The molecule has 35 heavy (non-hydrogen) atoms. The summed E-state index contributed by atoms with van der Waals surface area (Å²) in [5, 5.41) is 2.16. The molecule has 1 aromatic rings. The van der Waals surface area contributed by atoms with E-state index < -0.39 is 75.6 Å². The molecular formula is C21H19F7N2NiO4. The van der Waals surface area contributed by atoms with Gasteiger partial charge in [0, 0.05) is 0 Å². The summed E-state index contributed by atoms with van der Waals surface area (Å²) < 4.78 is 105. The Bertz CT molecular complexity index is 1080. The van der Waals surface area contributed by atoms with Gasteiger partial charge in [-0.05, 0) is 0 Å². The molecule has 3 N–H and O–H groups in total. The fourth-order valence-corrected chi connectivity index (χ4v) is 3.75. The Morgan fingerprint density at radius 2 is 1.91 bits per heavy atom. The van der Waals surface area contributed by atoms with Crippen LogP contribution in [0.15, 0.2) is 36.6 Å². The van der Waals surface area contributed by atoms with E-state index in [1.807, 2.05) is 0 Å². The number of allylic oxidation sites excluding steroid dienone is 1. The van der Waals surface area contributed by atoms with Crippen molar-refractivity contribution in [2.45, 2.75) is 44.3 Å². The number of carbonyl (C=O) groups excluding carboxylic acids is 2. The van der Waals surface area contributed by atoms with Gasteiger partial charge in [0.25, 0.3) is 0 Å². The first-order valence-electron chi connectivity index (χ1n) is 9.66. The Morgan fingerprint density at radius 1 is 1.31 bits per heavy atom. The zero-order valence-corrected chi connectivity index (χ0v) is 19.0. The molecule has 1 heterocycles. The van der Waals surface area contributed by atoms with Crippen molar-refractivity contribution < 1.29 is 64.8 Å². The monoisotopic (exact) mass is 554 g/mol. The van der Waals surface area contributed by atoms with E-state index >= 15 is 0 Å². The van der Waals surface area contributed by atoms with Crippen molar-refractivity contribution in [1.82, 2.24) is 5.32 Å². The van der Waals surface area contributed by atoms with Gasteiger partial charge in [-0.1, -0.05) is 0 Å². The average Bonchev–Trinajstić information content (AvgIpc) is 3.02. The van der Waals surface area contributed by atoms with Gasteiger partial charge in [0.1, 0.15) is 0 Å². The number of nitrogens with two attached hydrogens (primary N) is 1. The van der Waals surface area contributed by atoms with Crippen LogP contribution in [0.3, 0.4) is 0 Å². The average molecular weight is 555 g/mol. The van der Waals surface area contributed by atoms with E-state index in [4.69, 9.17) is 10.5 Å². The van der Waals surface area contributed by atoms with E-state index in [-0.39, 0.29) is 5.70 Å². The van der Waals surface area contributed by atoms with Gasteiger partial charge in [0.2, 0.25) is 0 Å². The van der Waals surface area contributed by atoms with Crippen molar-refractivity contribution in [3.05, 3.63) is 53.8 Å². The summed E-state index contributed by atoms with van der Waals surface area (Å²) in [6, 6.07) is 1.23. The summed E-state index contributed by atoms with van der Waals surface area (Å²) in [6.45, 7) is 1.35. The Hall–Kier alpha value is -2.73. The minimum atomic E-state index is -5.06. The van der Waals surface area contributed by atoms with Crippen molar-refractivity contribution in [1.29, 1.82) is 0 Å². The predicted octanol–water partition coefficient (Wildman–Crippen LogP) is 3.40. The second kappa shape index (κ2) is 10.5. The van der Waals surface area contributed by atoms with Gasteiger partial charge in [-0.25, -0.2) is 0 Å². The molecular weight excluding hydrogens is 536 g/mol. The first kappa shape index (κ1) is 28.5. The van der Waals surface area contributed by atoms with Crippen molar-refractivity contribution >= 4 is 16.3 Å². The molecule has 1 aliphatic heterocycles. The molecule has 1 fully saturated rings. The van der Waals surface area contributed by atoms with Gasteiger partial charge in [-0.2, -0.15) is 0 Å². The third-order valence-electron chi connectivity index (χ3n) is 5.55. The number of primary amides is 1. The van der Waals surface area contributed by atoms with Gasteiger partial charge >= 0.3 is 202 Å². The van der Waals surface area contributed by atoms with E-state index in [1.54, 1.807) is 0 Å². The fourth-order valence-electron chi connectivity index (χ4n) is 3.60. The first-order valence-corrected chi connectivity index (χ1v) is 10.2. The molecule has 1 aromatic carbocycles. The van der Waals surface area contributed by atoms with Crippen LogP contribution in [-0.2, 0) is 29.4 Å². The zero-order chi connectivity index (χ0) is 26.9. The number of ether oxygens (including phenoxy) is 2. The van der Waals surface area contributed by atoms with Gasteiger partial charge in [-0.3, -0.25) is 0 Å². The number of halogens is 7. The summed E-state index contributed by atoms with van der Waals surface area (Å²) in [6.07, 6.45) is -5.20. The van der Waals surface area contributed by atoms with Crippen molar-refractivity contribution in [3.8, 4) is 5.75 Å². The Kier molecular flexibility index (Phi) is 8.54. The summed E-state index contributed by atoms with van der Waals surface area (Å²) in [5.74, 6) is -10.5. The molecule has 0 radical (unpaired) electrons. The Balaban J connectivity index is 2.64. The number of rotatable bonds is 8. The predicted molar refractivity (Wildman–Crippen MR) is 105 cm³/mol. The molecule has 0 saturated carbocycles. The third-order valence-corrected chi connectivity index (χ3v) is 5.94. The van der Waals surface area contributed by atoms with Crippen LogP contribution in [0.5, 0.6) is 5.75 Å². The van der Waals surface area contributed by atoms with E-state index in [0.29, 0.717) is 13.0 Å². The number of nitrogens with one attached hydrogen (secondary N) is 1. The van der Waals surface area contributed by atoms with Crippen LogP contribution in [0.4, 0.5) is 30.7 Å². The molecule has 2 rings (SSSR count). The molecule has 0 unspecified atom stereocenters. The quantitative estimate of drug-likeness (QED) is 0.293. The van der Waals surface area contributed by atoms with Gasteiger partial charge in [0.15, 0.2) is 0 Å². The Labute approximate surface area is 202 Å². The Morgan fingerprint density at radius 3 is 2.40 bits per heavy atom. The number of benzene rings is 1. The molecule has 4 atom stereocenters. The van der Waals surface area contributed by atoms with Crippen LogP contribution in [0.1, 0.15) is 25.3 Å². The maximum absolute atomic E-state index is 14.4. The maximum atomic E-state index is 14.4. The van der Waals surface area contributed by atoms with E-state index in [2.05, 4.69) is 31.7 Å². The second-order valence-electron chi connectivity index (χ2n) is 7.59. The summed E-state index contributed by atoms with van der Waals surface area (Å²) in [4.78, 5) is 24.2. The van der Waals surface area contributed by atoms with Crippen LogP contribution in [-0.4, -0.2) is 40.8 Å².